The number of anilines is 3. The predicted octanol–water partition coefficient (Wildman–Crippen LogP) is 7.70. The van der Waals surface area contributed by atoms with Crippen LogP contribution in [0.4, 0.5) is 17.3 Å². The molecule has 4 aromatic carbocycles. The van der Waals surface area contributed by atoms with Gasteiger partial charge in [0.15, 0.2) is 0 Å². The molecule has 0 saturated heterocycles. The van der Waals surface area contributed by atoms with Crippen LogP contribution >= 0.6 is 0 Å². The van der Waals surface area contributed by atoms with Gasteiger partial charge >= 0.3 is 5.97 Å². The van der Waals surface area contributed by atoms with E-state index in [0.717, 1.165) is 27.7 Å². The fraction of sp³-hybridized carbons (Fsp3) is 0.176. The van der Waals surface area contributed by atoms with Gasteiger partial charge in [0.1, 0.15) is 0 Å². The largest absolute Gasteiger partial charge is 0.462 e. The molecular weight excluding hydrogens is 512 g/mol. The Kier molecular flexibility index (Phi) is 7.79. The Hall–Kier alpha value is -5.04. The van der Waals surface area contributed by atoms with Crippen molar-refractivity contribution < 1.29 is 14.3 Å². The number of aromatic nitrogens is 2. The van der Waals surface area contributed by atoms with E-state index in [0.29, 0.717) is 29.4 Å². The first-order valence-corrected chi connectivity index (χ1v) is 13.5. The molecular formula is C34H32N4O3. The lowest BCUT2D eigenvalue weighted by atomic mass is 9.92. The molecule has 1 aromatic heterocycles. The number of ether oxygens (including phenoxy) is 1. The minimum atomic E-state index is -0.415. The molecule has 0 saturated carbocycles. The number of carbonyl (C=O) groups is 2. The third-order valence-corrected chi connectivity index (χ3v) is 6.97. The first kappa shape index (κ1) is 27.5. The van der Waals surface area contributed by atoms with Gasteiger partial charge in [-0.1, -0.05) is 35.9 Å². The highest BCUT2D eigenvalue weighted by molar-refractivity contribution is 6.05. The number of hydrogen-bond donors (Lipinski definition) is 2. The van der Waals surface area contributed by atoms with Crippen LogP contribution in [-0.2, 0) is 4.74 Å². The van der Waals surface area contributed by atoms with Crippen LogP contribution in [0.15, 0.2) is 79.0 Å². The summed E-state index contributed by atoms with van der Waals surface area (Å²) < 4.78 is 5.01. The molecule has 206 valence electrons. The molecule has 1 amide bonds. The molecule has 0 bridgehead atoms. The summed E-state index contributed by atoms with van der Waals surface area (Å²) in [6, 6.07) is 22.6. The number of nitrogens with zero attached hydrogens (tertiary/aromatic N) is 2. The zero-order valence-electron chi connectivity index (χ0n) is 23.8. The van der Waals surface area contributed by atoms with Crippen LogP contribution in [0.3, 0.4) is 0 Å². The smallest absolute Gasteiger partial charge is 0.338 e. The highest BCUT2D eigenvalue weighted by Gasteiger charge is 2.14. The number of carbonyl (C=O) groups excluding carboxylic acids is 2. The van der Waals surface area contributed by atoms with E-state index in [-0.39, 0.29) is 5.91 Å². The zero-order valence-corrected chi connectivity index (χ0v) is 23.8. The Morgan fingerprint density at radius 1 is 0.829 bits per heavy atom. The predicted molar refractivity (Wildman–Crippen MR) is 164 cm³/mol. The summed E-state index contributed by atoms with van der Waals surface area (Å²) in [5.41, 5.74) is 9.98. The molecule has 7 heteroatoms. The van der Waals surface area contributed by atoms with E-state index in [1.807, 2.05) is 43.5 Å². The van der Waals surface area contributed by atoms with Crippen LogP contribution in [0.1, 0.15) is 49.9 Å². The van der Waals surface area contributed by atoms with E-state index in [1.54, 1.807) is 31.2 Å². The fourth-order valence-corrected chi connectivity index (χ4v) is 5.07. The lowest BCUT2D eigenvalue weighted by molar-refractivity contribution is 0.0526. The lowest BCUT2D eigenvalue weighted by Crippen LogP contribution is -2.13. The average molecular weight is 545 g/mol. The van der Waals surface area contributed by atoms with Gasteiger partial charge in [-0.3, -0.25) is 4.79 Å². The average Bonchev–Trinajstić information content (AvgIpc) is 2.94. The van der Waals surface area contributed by atoms with Crippen LogP contribution < -0.4 is 10.6 Å². The number of aryl methyl sites for hydroxylation is 4. The normalized spacial score (nSPS) is 10.9. The van der Waals surface area contributed by atoms with Gasteiger partial charge in [-0.2, -0.15) is 0 Å². The Morgan fingerprint density at radius 2 is 1.54 bits per heavy atom. The maximum Gasteiger partial charge on any atom is 0.338 e. The number of rotatable bonds is 7. The summed E-state index contributed by atoms with van der Waals surface area (Å²) in [4.78, 5) is 34.2. The second kappa shape index (κ2) is 11.6. The summed E-state index contributed by atoms with van der Waals surface area (Å²) in [6.07, 6.45) is 1.86. The summed E-state index contributed by atoms with van der Waals surface area (Å²) in [7, 11) is 0. The van der Waals surface area contributed by atoms with Crippen molar-refractivity contribution in [3.63, 3.8) is 0 Å². The number of nitrogens with one attached hydrogen (secondary N) is 2. The van der Waals surface area contributed by atoms with Crippen LogP contribution in [0.2, 0.25) is 0 Å². The number of esters is 1. The molecule has 0 spiro atoms. The van der Waals surface area contributed by atoms with E-state index in [9.17, 15) is 9.59 Å². The molecule has 0 radical (unpaired) electrons. The molecule has 0 aliphatic rings. The second-order valence-corrected chi connectivity index (χ2v) is 10.1. The first-order chi connectivity index (χ1) is 19.7. The van der Waals surface area contributed by atoms with Gasteiger partial charge in [0.25, 0.3) is 5.91 Å². The minimum absolute atomic E-state index is 0.281. The van der Waals surface area contributed by atoms with E-state index in [1.165, 1.54) is 22.3 Å². The van der Waals surface area contributed by atoms with Gasteiger partial charge in [0.05, 0.1) is 17.7 Å². The van der Waals surface area contributed by atoms with Crippen molar-refractivity contribution in [3.8, 4) is 11.1 Å². The topological polar surface area (TPSA) is 93.2 Å². The van der Waals surface area contributed by atoms with E-state index in [2.05, 4.69) is 54.6 Å². The Bertz CT molecular complexity index is 1750. The van der Waals surface area contributed by atoms with Crippen LogP contribution in [-0.4, -0.2) is 28.5 Å². The van der Waals surface area contributed by atoms with Gasteiger partial charge in [-0.15, -0.1) is 0 Å². The Morgan fingerprint density at radius 3 is 2.24 bits per heavy atom. The summed E-state index contributed by atoms with van der Waals surface area (Å²) >= 11 is 0. The first-order valence-electron chi connectivity index (χ1n) is 13.5. The zero-order chi connectivity index (χ0) is 29.1. The molecule has 0 aliphatic heterocycles. The molecule has 5 aromatic rings. The second-order valence-electron chi connectivity index (χ2n) is 10.1. The third kappa shape index (κ3) is 5.94. The molecule has 1 heterocycles. The maximum atomic E-state index is 12.9. The SMILES string of the molecule is CCOC(=O)c1ccc(C(=O)Nc2cc(Nc3ncc4c(-c5c(C)cc(C)cc5C)cccc4n3)ccc2C)cc1. The minimum Gasteiger partial charge on any atom is -0.462 e. The number of hydrogen-bond acceptors (Lipinski definition) is 6. The van der Waals surface area contributed by atoms with Crippen LogP contribution in [0.25, 0.3) is 22.0 Å². The highest BCUT2D eigenvalue weighted by Crippen LogP contribution is 2.34. The van der Waals surface area contributed by atoms with Crippen molar-refractivity contribution in [2.45, 2.75) is 34.6 Å². The van der Waals surface area contributed by atoms with Gasteiger partial charge in [0.2, 0.25) is 5.95 Å². The van der Waals surface area contributed by atoms with Crippen LogP contribution in [0.5, 0.6) is 0 Å². The molecule has 0 aliphatic carbocycles. The molecule has 0 unspecified atom stereocenters. The third-order valence-electron chi connectivity index (χ3n) is 6.97. The lowest BCUT2D eigenvalue weighted by Gasteiger charge is -2.15. The monoisotopic (exact) mass is 544 g/mol. The van der Waals surface area contributed by atoms with Crippen molar-refractivity contribution in [1.29, 1.82) is 0 Å². The van der Waals surface area contributed by atoms with Gasteiger partial charge in [-0.25, -0.2) is 14.8 Å². The standard InChI is InChI=1S/C34H32N4O3/c1-6-41-33(40)25-13-11-24(12-14-25)32(39)37-30-18-26(15-10-21(30)3)36-34-35-19-28-27(8-7-9-29(28)38-34)31-22(4)16-20(2)17-23(31)5/h7-19H,6H2,1-5H3,(H,37,39)(H,35,36,38). The number of amides is 1. The van der Waals surface area contributed by atoms with E-state index >= 15 is 0 Å². The van der Waals surface area contributed by atoms with Gasteiger partial charge in [-0.05, 0) is 105 Å². The molecule has 2 N–H and O–H groups in total. The molecule has 41 heavy (non-hydrogen) atoms. The van der Waals surface area contributed by atoms with E-state index < -0.39 is 5.97 Å². The molecule has 0 atom stereocenters. The number of fused-ring (bicyclic) bond motifs is 1. The Labute approximate surface area is 239 Å². The molecule has 5 rings (SSSR count). The molecule has 7 nitrogen and oxygen atoms in total. The Balaban J connectivity index is 1.36. The van der Waals surface area contributed by atoms with Crippen molar-refractivity contribution in [2.75, 3.05) is 17.2 Å². The van der Waals surface area contributed by atoms with Crippen LogP contribution in [0, 0.1) is 27.7 Å². The number of benzene rings is 4. The maximum absolute atomic E-state index is 12.9. The van der Waals surface area contributed by atoms with Crippen molar-refractivity contribution in [2.24, 2.45) is 0 Å². The summed E-state index contributed by atoms with van der Waals surface area (Å²) in [5.74, 6) is -0.235. The van der Waals surface area contributed by atoms with Crippen molar-refractivity contribution in [3.05, 3.63) is 112 Å². The fourth-order valence-electron chi connectivity index (χ4n) is 5.07. The molecule has 0 fully saturated rings. The van der Waals surface area contributed by atoms with Gasteiger partial charge < -0.3 is 15.4 Å². The summed E-state index contributed by atoms with van der Waals surface area (Å²) in [5, 5.41) is 7.22. The highest BCUT2D eigenvalue weighted by atomic mass is 16.5. The van der Waals surface area contributed by atoms with Crippen molar-refractivity contribution >= 4 is 40.1 Å². The van der Waals surface area contributed by atoms with Crippen molar-refractivity contribution in [1.82, 2.24) is 9.97 Å². The van der Waals surface area contributed by atoms with Gasteiger partial charge in [0, 0.05) is 28.5 Å². The quantitative estimate of drug-likeness (QED) is 0.204. The van der Waals surface area contributed by atoms with E-state index in [4.69, 9.17) is 9.72 Å². The summed E-state index contributed by atoms with van der Waals surface area (Å²) in [6.45, 7) is 10.4.